The Morgan fingerprint density at radius 3 is 2.75 bits per heavy atom. The van der Waals surface area contributed by atoms with E-state index in [2.05, 4.69) is 35.0 Å². The maximum atomic E-state index is 9.56. The minimum Gasteiger partial charge on any atom is -0.298 e. The molecule has 0 aromatic carbocycles. The Bertz CT molecular complexity index is 386. The van der Waals surface area contributed by atoms with E-state index in [0.717, 1.165) is 19.1 Å². The molecule has 1 N–H and O–H groups in total. The first-order valence-corrected chi connectivity index (χ1v) is 8.27. The van der Waals surface area contributed by atoms with Gasteiger partial charge in [0.1, 0.15) is 5.54 Å². The lowest BCUT2D eigenvalue weighted by molar-refractivity contribution is 0.00699. The highest BCUT2D eigenvalue weighted by atomic mass is 15.3. The van der Waals surface area contributed by atoms with Gasteiger partial charge in [0.15, 0.2) is 0 Å². The van der Waals surface area contributed by atoms with E-state index in [9.17, 15) is 5.26 Å². The summed E-state index contributed by atoms with van der Waals surface area (Å²) in [6.45, 7) is 8.86. The van der Waals surface area contributed by atoms with E-state index >= 15 is 0 Å². The molecule has 112 valence electrons. The highest BCUT2D eigenvalue weighted by Gasteiger charge is 2.39. The van der Waals surface area contributed by atoms with Crippen LogP contribution in [-0.4, -0.2) is 59.6 Å². The molecule has 0 aromatic rings. The van der Waals surface area contributed by atoms with Crippen LogP contribution in [0.25, 0.3) is 0 Å². The molecule has 0 bridgehead atoms. The molecular weight excluding hydrogens is 248 g/mol. The van der Waals surface area contributed by atoms with Gasteiger partial charge in [-0.2, -0.15) is 5.26 Å². The van der Waals surface area contributed by atoms with Crippen molar-refractivity contribution in [3.05, 3.63) is 0 Å². The number of nitriles is 1. The van der Waals surface area contributed by atoms with Crippen LogP contribution in [0.2, 0.25) is 0 Å². The SMILES string of the molecule is CC1CN2CCCCC2CN1CC(C)(C#N)NC1CC1. The van der Waals surface area contributed by atoms with Gasteiger partial charge in [0.05, 0.1) is 6.07 Å². The number of rotatable bonds is 4. The van der Waals surface area contributed by atoms with E-state index in [-0.39, 0.29) is 5.54 Å². The average molecular weight is 276 g/mol. The molecule has 3 fully saturated rings. The van der Waals surface area contributed by atoms with Crippen LogP contribution in [-0.2, 0) is 0 Å². The maximum Gasteiger partial charge on any atom is 0.116 e. The van der Waals surface area contributed by atoms with Crippen LogP contribution in [0.4, 0.5) is 0 Å². The summed E-state index contributed by atoms with van der Waals surface area (Å²) in [4.78, 5) is 5.22. The summed E-state index contributed by atoms with van der Waals surface area (Å²) < 4.78 is 0. The standard InChI is InChI=1S/C16H28N4/c1-13-9-19-8-4-3-5-15(19)10-20(13)12-16(2,11-17)18-14-6-7-14/h13-15,18H,3-10,12H2,1-2H3. The van der Waals surface area contributed by atoms with Gasteiger partial charge in [-0.25, -0.2) is 0 Å². The van der Waals surface area contributed by atoms with Crippen LogP contribution in [0.1, 0.15) is 46.0 Å². The number of piperidine rings is 1. The van der Waals surface area contributed by atoms with E-state index in [1.807, 2.05) is 0 Å². The number of hydrogen-bond acceptors (Lipinski definition) is 4. The van der Waals surface area contributed by atoms with Crippen molar-refractivity contribution in [1.82, 2.24) is 15.1 Å². The second-order valence-electron chi connectivity index (χ2n) is 7.29. The van der Waals surface area contributed by atoms with Gasteiger partial charge in [0.2, 0.25) is 0 Å². The molecule has 3 unspecified atom stereocenters. The molecule has 2 aliphatic heterocycles. The van der Waals surface area contributed by atoms with Gasteiger partial charge in [-0.05, 0) is 46.1 Å². The lowest BCUT2D eigenvalue weighted by atomic mass is 9.95. The third-order valence-electron chi connectivity index (χ3n) is 5.18. The third kappa shape index (κ3) is 3.16. The molecule has 3 aliphatic rings. The van der Waals surface area contributed by atoms with Crippen molar-refractivity contribution >= 4 is 0 Å². The molecule has 20 heavy (non-hydrogen) atoms. The normalized spacial score (nSPS) is 35.0. The summed E-state index contributed by atoms with van der Waals surface area (Å²) in [7, 11) is 0. The molecule has 1 saturated carbocycles. The van der Waals surface area contributed by atoms with E-state index < -0.39 is 0 Å². The van der Waals surface area contributed by atoms with Crippen molar-refractivity contribution in [2.45, 2.75) is 69.6 Å². The zero-order valence-electron chi connectivity index (χ0n) is 12.9. The van der Waals surface area contributed by atoms with Crippen molar-refractivity contribution in [2.75, 3.05) is 26.2 Å². The van der Waals surface area contributed by atoms with Crippen molar-refractivity contribution in [1.29, 1.82) is 5.26 Å². The van der Waals surface area contributed by atoms with Gasteiger partial charge in [-0.15, -0.1) is 0 Å². The Morgan fingerprint density at radius 2 is 2.05 bits per heavy atom. The van der Waals surface area contributed by atoms with Gasteiger partial charge in [0, 0.05) is 37.8 Å². The molecule has 3 atom stereocenters. The predicted octanol–water partition coefficient (Wildman–Crippen LogP) is 1.58. The Labute approximate surface area is 123 Å². The molecule has 4 nitrogen and oxygen atoms in total. The third-order valence-corrected chi connectivity index (χ3v) is 5.18. The van der Waals surface area contributed by atoms with Crippen LogP contribution in [0, 0.1) is 11.3 Å². The topological polar surface area (TPSA) is 42.3 Å². The first-order valence-electron chi connectivity index (χ1n) is 8.27. The molecule has 3 rings (SSSR count). The monoisotopic (exact) mass is 276 g/mol. The summed E-state index contributed by atoms with van der Waals surface area (Å²) in [5.41, 5.74) is -0.383. The molecular formula is C16H28N4. The smallest absolute Gasteiger partial charge is 0.116 e. The molecule has 4 heteroatoms. The number of fused-ring (bicyclic) bond motifs is 1. The first-order chi connectivity index (χ1) is 9.59. The van der Waals surface area contributed by atoms with Crippen molar-refractivity contribution in [3.8, 4) is 6.07 Å². The fourth-order valence-electron chi connectivity index (χ4n) is 3.83. The summed E-state index contributed by atoms with van der Waals surface area (Å²) in [5, 5.41) is 13.1. The summed E-state index contributed by atoms with van der Waals surface area (Å²) in [5.74, 6) is 0. The molecule has 2 heterocycles. The Morgan fingerprint density at radius 1 is 1.25 bits per heavy atom. The van der Waals surface area contributed by atoms with Crippen molar-refractivity contribution in [3.63, 3.8) is 0 Å². The van der Waals surface area contributed by atoms with Crippen molar-refractivity contribution < 1.29 is 0 Å². The average Bonchev–Trinajstić information content (AvgIpc) is 3.23. The predicted molar refractivity (Wildman–Crippen MR) is 80.4 cm³/mol. The summed E-state index contributed by atoms with van der Waals surface area (Å²) >= 11 is 0. The second kappa shape index (κ2) is 5.63. The van der Waals surface area contributed by atoms with Gasteiger partial charge in [-0.3, -0.25) is 15.1 Å². The molecule has 0 amide bonds. The highest BCUT2D eigenvalue weighted by molar-refractivity contribution is 5.10. The van der Waals surface area contributed by atoms with Gasteiger partial charge >= 0.3 is 0 Å². The molecule has 1 aliphatic carbocycles. The minimum atomic E-state index is -0.383. The van der Waals surface area contributed by atoms with Crippen LogP contribution in [0.3, 0.4) is 0 Å². The van der Waals surface area contributed by atoms with Gasteiger partial charge in [-0.1, -0.05) is 6.42 Å². The van der Waals surface area contributed by atoms with Crippen LogP contribution < -0.4 is 5.32 Å². The second-order valence-corrected chi connectivity index (χ2v) is 7.29. The van der Waals surface area contributed by atoms with Crippen LogP contribution in [0.15, 0.2) is 0 Å². The molecule has 2 saturated heterocycles. The largest absolute Gasteiger partial charge is 0.298 e. The van der Waals surface area contributed by atoms with E-state index in [0.29, 0.717) is 12.1 Å². The lowest BCUT2D eigenvalue weighted by Gasteiger charge is -2.49. The van der Waals surface area contributed by atoms with Crippen molar-refractivity contribution in [2.24, 2.45) is 0 Å². The summed E-state index contributed by atoms with van der Waals surface area (Å²) in [6, 6.07) is 4.41. The fraction of sp³-hybridized carbons (Fsp3) is 0.938. The van der Waals surface area contributed by atoms with Crippen LogP contribution >= 0.6 is 0 Å². The molecule has 0 spiro atoms. The van der Waals surface area contributed by atoms with E-state index in [1.54, 1.807) is 0 Å². The molecule has 0 radical (unpaired) electrons. The Balaban J connectivity index is 1.62. The maximum absolute atomic E-state index is 9.56. The minimum absolute atomic E-state index is 0.383. The fourth-order valence-corrected chi connectivity index (χ4v) is 3.83. The number of nitrogens with one attached hydrogen (secondary N) is 1. The Hall–Kier alpha value is -0.630. The highest BCUT2D eigenvalue weighted by Crippen LogP contribution is 2.27. The number of hydrogen-bond donors (Lipinski definition) is 1. The quantitative estimate of drug-likeness (QED) is 0.846. The number of nitrogens with zero attached hydrogens (tertiary/aromatic N) is 3. The van der Waals surface area contributed by atoms with Gasteiger partial charge < -0.3 is 0 Å². The Kier molecular flexibility index (Phi) is 4.03. The molecule has 0 aromatic heterocycles. The van der Waals surface area contributed by atoms with Crippen LogP contribution in [0.5, 0.6) is 0 Å². The van der Waals surface area contributed by atoms with E-state index in [1.165, 1.54) is 45.2 Å². The lowest BCUT2D eigenvalue weighted by Crippen LogP contribution is -2.62. The zero-order valence-corrected chi connectivity index (χ0v) is 12.9. The van der Waals surface area contributed by atoms with Gasteiger partial charge in [0.25, 0.3) is 0 Å². The van der Waals surface area contributed by atoms with E-state index in [4.69, 9.17) is 0 Å². The first kappa shape index (κ1) is 14.3. The zero-order chi connectivity index (χ0) is 14.2. The summed E-state index contributed by atoms with van der Waals surface area (Å²) in [6.07, 6.45) is 6.55. The number of piperazine rings is 1.